The molecule has 2 aromatic rings. The molecule has 0 bridgehead atoms. The summed E-state index contributed by atoms with van der Waals surface area (Å²) in [6.45, 7) is 5.54. The highest BCUT2D eigenvalue weighted by Crippen LogP contribution is 2.50. The first kappa shape index (κ1) is 20.0. The molecule has 3 aliphatic heterocycles. The first-order valence-corrected chi connectivity index (χ1v) is 10.8. The highest BCUT2D eigenvalue weighted by Gasteiger charge is 2.65. The summed E-state index contributed by atoms with van der Waals surface area (Å²) in [5.41, 5.74) is 1.54. The van der Waals surface area contributed by atoms with Gasteiger partial charge >= 0.3 is 0 Å². The Morgan fingerprint density at radius 3 is 2.29 bits per heavy atom. The number of imide groups is 1. The van der Waals surface area contributed by atoms with Crippen LogP contribution < -0.4 is 4.90 Å². The number of hydrogen-bond acceptors (Lipinski definition) is 4. The maximum Gasteiger partial charge on any atom is 0.236 e. The van der Waals surface area contributed by atoms with Crippen molar-refractivity contribution in [3.63, 3.8) is 0 Å². The van der Waals surface area contributed by atoms with Gasteiger partial charge in [0.25, 0.3) is 0 Å². The first-order chi connectivity index (χ1) is 14.7. The number of likely N-dealkylation sites (tertiary alicyclic amines) is 1. The molecule has 3 aliphatic rings. The molecular formula is C25H23ClN2O3. The quantitative estimate of drug-likeness (QED) is 0.525. The van der Waals surface area contributed by atoms with E-state index in [2.05, 4.69) is 0 Å². The summed E-state index contributed by atoms with van der Waals surface area (Å²) in [5.74, 6) is -2.08. The minimum Gasteiger partial charge on any atom is -0.352 e. The molecule has 0 aromatic heterocycles. The van der Waals surface area contributed by atoms with Gasteiger partial charge in [-0.1, -0.05) is 54.1 Å². The molecule has 158 valence electrons. The number of para-hydroxylation sites is 1. The van der Waals surface area contributed by atoms with E-state index in [9.17, 15) is 14.4 Å². The second-order valence-corrected chi connectivity index (χ2v) is 9.75. The van der Waals surface area contributed by atoms with Crippen molar-refractivity contribution in [3.05, 3.63) is 70.8 Å². The van der Waals surface area contributed by atoms with Gasteiger partial charge in [0.05, 0.1) is 22.9 Å². The zero-order valence-corrected chi connectivity index (χ0v) is 18.3. The Kier molecular flexibility index (Phi) is 4.38. The second-order valence-electron chi connectivity index (χ2n) is 9.34. The molecule has 6 heteroatoms. The zero-order chi connectivity index (χ0) is 22.1. The Hall–Kier alpha value is -2.92. The van der Waals surface area contributed by atoms with Gasteiger partial charge in [-0.2, -0.15) is 0 Å². The fourth-order valence-corrected chi connectivity index (χ4v) is 5.52. The fourth-order valence-electron chi connectivity index (χ4n) is 5.30. The molecule has 2 fully saturated rings. The lowest BCUT2D eigenvalue weighted by molar-refractivity contribution is -0.145. The summed E-state index contributed by atoms with van der Waals surface area (Å²) in [6, 6.07) is 13.5. The van der Waals surface area contributed by atoms with E-state index in [4.69, 9.17) is 11.6 Å². The Morgan fingerprint density at radius 2 is 1.58 bits per heavy atom. The predicted octanol–water partition coefficient (Wildman–Crippen LogP) is 4.21. The van der Waals surface area contributed by atoms with Gasteiger partial charge in [0.1, 0.15) is 6.04 Å². The van der Waals surface area contributed by atoms with Gasteiger partial charge in [-0.25, -0.2) is 0 Å². The number of anilines is 1. The Labute approximate surface area is 186 Å². The van der Waals surface area contributed by atoms with E-state index in [1.165, 1.54) is 4.90 Å². The van der Waals surface area contributed by atoms with Crippen LogP contribution >= 0.6 is 11.6 Å². The van der Waals surface area contributed by atoms with Crippen LogP contribution in [-0.4, -0.2) is 40.1 Å². The molecule has 31 heavy (non-hydrogen) atoms. The number of Topliss-reactive ketones (excluding diaryl/α,β-unsaturated/α-hetero) is 1. The summed E-state index contributed by atoms with van der Waals surface area (Å²) in [4.78, 5) is 44.3. The Balaban J connectivity index is 1.69. The lowest BCUT2D eigenvalue weighted by Crippen LogP contribution is -2.52. The van der Waals surface area contributed by atoms with Gasteiger partial charge in [-0.15, -0.1) is 0 Å². The van der Waals surface area contributed by atoms with Crippen LogP contribution in [0.5, 0.6) is 0 Å². The highest BCUT2D eigenvalue weighted by molar-refractivity contribution is 6.34. The maximum atomic E-state index is 13.9. The molecule has 0 aliphatic carbocycles. The molecule has 2 amide bonds. The van der Waals surface area contributed by atoms with E-state index < -0.39 is 23.4 Å². The minimum atomic E-state index is -0.801. The Morgan fingerprint density at radius 1 is 0.935 bits per heavy atom. The number of rotatable bonds is 2. The standard InChI is InChI=1S/C25H23ClN2O3/c1-25(2,3)28-23(30)19-18-13-12-14-8-4-7-11-17(14)27(18)21(20(19)24(28)31)22(29)15-9-5-6-10-16(15)26/h4-13,18-21H,1-3H3/t18-,19-,20-,21+/m0/s1. The van der Waals surface area contributed by atoms with Gasteiger partial charge in [0, 0.05) is 16.8 Å². The molecular weight excluding hydrogens is 412 g/mol. The summed E-state index contributed by atoms with van der Waals surface area (Å²) in [6.07, 6.45) is 3.94. The van der Waals surface area contributed by atoms with Gasteiger partial charge in [0.15, 0.2) is 5.78 Å². The fraction of sp³-hybridized carbons (Fsp3) is 0.320. The van der Waals surface area contributed by atoms with Crippen molar-refractivity contribution >= 4 is 41.0 Å². The first-order valence-electron chi connectivity index (χ1n) is 10.4. The number of amides is 2. The monoisotopic (exact) mass is 434 g/mol. The smallest absolute Gasteiger partial charge is 0.236 e. The van der Waals surface area contributed by atoms with E-state index in [-0.39, 0.29) is 23.6 Å². The van der Waals surface area contributed by atoms with Crippen LogP contribution in [-0.2, 0) is 9.59 Å². The molecule has 0 radical (unpaired) electrons. The molecule has 4 atom stereocenters. The van der Waals surface area contributed by atoms with Gasteiger partial charge in [-0.05, 0) is 44.5 Å². The van der Waals surface area contributed by atoms with Crippen molar-refractivity contribution in [1.82, 2.24) is 4.90 Å². The molecule has 5 nitrogen and oxygen atoms in total. The zero-order valence-electron chi connectivity index (χ0n) is 17.6. The summed E-state index contributed by atoms with van der Waals surface area (Å²) in [7, 11) is 0. The topological polar surface area (TPSA) is 57.7 Å². The number of ketones is 1. The predicted molar refractivity (Wildman–Crippen MR) is 120 cm³/mol. The largest absolute Gasteiger partial charge is 0.352 e. The van der Waals surface area contributed by atoms with Crippen molar-refractivity contribution in [2.75, 3.05) is 4.90 Å². The SMILES string of the molecule is CC(C)(C)N1C(=O)[C@@H]2[C@H](C1=O)[C@H](C(=O)c1ccccc1Cl)N1c3ccccc3C=C[C@@H]21. The molecule has 3 heterocycles. The van der Waals surface area contributed by atoms with Gasteiger partial charge < -0.3 is 4.90 Å². The molecule has 0 saturated carbocycles. The second kappa shape index (κ2) is 6.79. The van der Waals surface area contributed by atoms with Crippen molar-refractivity contribution in [2.24, 2.45) is 11.8 Å². The third-order valence-corrected chi connectivity index (χ3v) is 6.82. The number of carbonyl (C=O) groups is 3. The normalized spacial score (nSPS) is 26.7. The number of halogens is 1. The number of carbonyl (C=O) groups excluding carboxylic acids is 3. The van der Waals surface area contributed by atoms with Gasteiger partial charge in [0.2, 0.25) is 11.8 Å². The molecule has 2 saturated heterocycles. The van der Waals surface area contributed by atoms with Crippen LogP contribution in [0.1, 0.15) is 36.7 Å². The van der Waals surface area contributed by atoms with E-state index in [1.807, 2.05) is 62.1 Å². The Bertz CT molecular complexity index is 1150. The highest BCUT2D eigenvalue weighted by atomic mass is 35.5. The summed E-state index contributed by atoms with van der Waals surface area (Å²) >= 11 is 6.37. The number of benzene rings is 2. The number of nitrogens with zero attached hydrogens (tertiary/aromatic N) is 2. The summed E-state index contributed by atoms with van der Waals surface area (Å²) in [5, 5.41) is 0.345. The van der Waals surface area contributed by atoms with Crippen LogP contribution in [0, 0.1) is 11.8 Å². The number of fused-ring (bicyclic) bond motifs is 5. The van der Waals surface area contributed by atoms with Crippen molar-refractivity contribution in [3.8, 4) is 0 Å². The average molecular weight is 435 g/mol. The van der Waals surface area contributed by atoms with Crippen LogP contribution in [0.3, 0.4) is 0 Å². The van der Waals surface area contributed by atoms with E-state index in [0.29, 0.717) is 10.6 Å². The minimum absolute atomic E-state index is 0.212. The van der Waals surface area contributed by atoms with E-state index >= 15 is 0 Å². The summed E-state index contributed by atoms with van der Waals surface area (Å²) < 4.78 is 0. The third-order valence-electron chi connectivity index (χ3n) is 6.49. The molecule has 0 N–H and O–H groups in total. The average Bonchev–Trinajstić information content (AvgIpc) is 3.20. The van der Waals surface area contributed by atoms with Gasteiger partial charge in [-0.3, -0.25) is 19.3 Å². The van der Waals surface area contributed by atoms with Crippen LogP contribution in [0.4, 0.5) is 5.69 Å². The molecule has 2 aromatic carbocycles. The lowest BCUT2D eigenvalue weighted by Gasteiger charge is -2.38. The van der Waals surface area contributed by atoms with E-state index in [0.717, 1.165) is 11.3 Å². The maximum absolute atomic E-state index is 13.9. The number of hydrogen-bond donors (Lipinski definition) is 0. The third kappa shape index (κ3) is 2.79. The van der Waals surface area contributed by atoms with Crippen LogP contribution in [0.15, 0.2) is 54.6 Å². The van der Waals surface area contributed by atoms with E-state index in [1.54, 1.807) is 24.3 Å². The van der Waals surface area contributed by atoms with Crippen molar-refractivity contribution < 1.29 is 14.4 Å². The van der Waals surface area contributed by atoms with Crippen molar-refractivity contribution in [2.45, 2.75) is 38.4 Å². The lowest BCUT2D eigenvalue weighted by atomic mass is 9.86. The molecule has 0 spiro atoms. The van der Waals surface area contributed by atoms with Crippen LogP contribution in [0.2, 0.25) is 5.02 Å². The molecule has 0 unspecified atom stereocenters. The molecule has 5 rings (SSSR count). The van der Waals surface area contributed by atoms with Crippen LogP contribution in [0.25, 0.3) is 6.08 Å². The van der Waals surface area contributed by atoms with Crippen molar-refractivity contribution in [1.29, 1.82) is 0 Å².